The summed E-state index contributed by atoms with van der Waals surface area (Å²) in [7, 11) is 0. The van der Waals surface area contributed by atoms with E-state index in [0.29, 0.717) is 5.41 Å². The number of nitrogens with zero attached hydrogens (tertiary/aromatic N) is 1. The minimum atomic E-state index is 0.359. The summed E-state index contributed by atoms with van der Waals surface area (Å²) in [5.41, 5.74) is 4.90. The molecule has 5 rings (SSSR count). The summed E-state index contributed by atoms with van der Waals surface area (Å²) < 4.78 is 0. The van der Waals surface area contributed by atoms with E-state index in [1.54, 1.807) is 11.1 Å². The molecule has 3 aliphatic rings. The Morgan fingerprint density at radius 3 is 3.00 bits per heavy atom. The average Bonchev–Trinajstić information content (AvgIpc) is 3.20. The minimum absolute atomic E-state index is 0.359. The van der Waals surface area contributed by atoms with Crippen molar-refractivity contribution in [1.82, 2.24) is 9.88 Å². The van der Waals surface area contributed by atoms with Crippen molar-refractivity contribution in [3.05, 3.63) is 35.5 Å². The zero-order chi connectivity index (χ0) is 14.9. The average molecular weight is 294 g/mol. The first-order chi connectivity index (χ1) is 10.6. The summed E-state index contributed by atoms with van der Waals surface area (Å²) in [6.45, 7) is 7.68. The number of aromatic nitrogens is 1. The van der Waals surface area contributed by atoms with Gasteiger partial charge < -0.3 is 4.98 Å². The zero-order valence-electron chi connectivity index (χ0n) is 13.7. The number of aromatic amines is 1. The quantitative estimate of drug-likeness (QED) is 0.883. The highest BCUT2D eigenvalue weighted by Crippen LogP contribution is 2.50. The first kappa shape index (κ1) is 13.2. The second kappa shape index (κ2) is 4.38. The fourth-order valence-corrected chi connectivity index (χ4v) is 5.13. The molecule has 2 nitrogen and oxygen atoms in total. The van der Waals surface area contributed by atoms with Crippen LogP contribution < -0.4 is 0 Å². The molecule has 2 heteroatoms. The highest BCUT2D eigenvalue weighted by atomic mass is 15.2. The Labute approximate surface area is 132 Å². The molecule has 0 radical (unpaired) electrons. The summed E-state index contributed by atoms with van der Waals surface area (Å²) in [6, 6.07) is 7.88. The van der Waals surface area contributed by atoms with Crippen molar-refractivity contribution in [1.29, 1.82) is 0 Å². The van der Waals surface area contributed by atoms with Crippen molar-refractivity contribution in [3.63, 3.8) is 0 Å². The maximum atomic E-state index is 3.41. The van der Waals surface area contributed by atoms with Gasteiger partial charge in [0.05, 0.1) is 0 Å². The molecule has 2 aliphatic carbocycles. The van der Waals surface area contributed by atoms with E-state index < -0.39 is 0 Å². The largest absolute Gasteiger partial charge is 0.361 e. The summed E-state index contributed by atoms with van der Waals surface area (Å²) in [5.74, 6) is 1.77. The van der Waals surface area contributed by atoms with E-state index in [2.05, 4.69) is 48.1 Å². The molecule has 1 aromatic heterocycles. The van der Waals surface area contributed by atoms with Crippen LogP contribution in [0.25, 0.3) is 10.9 Å². The molecule has 0 spiro atoms. The van der Waals surface area contributed by atoms with Crippen LogP contribution in [0.4, 0.5) is 0 Å². The molecule has 2 fully saturated rings. The van der Waals surface area contributed by atoms with Gasteiger partial charge in [0.25, 0.3) is 0 Å². The molecule has 1 saturated carbocycles. The van der Waals surface area contributed by atoms with E-state index in [9.17, 15) is 0 Å². The number of rotatable bonds is 2. The lowest BCUT2D eigenvalue weighted by atomic mass is 9.59. The van der Waals surface area contributed by atoms with Crippen molar-refractivity contribution < 1.29 is 0 Å². The summed E-state index contributed by atoms with van der Waals surface area (Å²) in [5, 5.41) is 1.38. The Bertz CT molecular complexity index is 726. The van der Waals surface area contributed by atoms with E-state index in [4.69, 9.17) is 0 Å². The van der Waals surface area contributed by atoms with Gasteiger partial charge >= 0.3 is 0 Å². The van der Waals surface area contributed by atoms with Crippen LogP contribution in [0.2, 0.25) is 0 Å². The Kier molecular flexibility index (Phi) is 2.63. The third-order valence-electron chi connectivity index (χ3n) is 6.98. The van der Waals surface area contributed by atoms with Gasteiger partial charge in [0, 0.05) is 24.3 Å². The summed E-state index contributed by atoms with van der Waals surface area (Å²) >= 11 is 0. The standard InChI is InChI=1S/C20H26N2/c1-13-19-10-16-9-15-5-7-21-18(15)11-17(16)20(13,2)6-8-22(19)12-14-3-4-14/h5,7,9,11,13-14,19,21H,3-4,6,8,10,12H2,1-2H3/t13-,19?,20-/m0/s1. The highest BCUT2D eigenvalue weighted by Gasteiger charge is 2.49. The number of H-pyrrole nitrogens is 1. The lowest BCUT2D eigenvalue weighted by Gasteiger charge is -2.54. The van der Waals surface area contributed by atoms with Crippen LogP contribution in [0.15, 0.2) is 24.4 Å². The number of piperidine rings is 1. The molecule has 1 N–H and O–H groups in total. The predicted octanol–water partition coefficient (Wildman–Crippen LogP) is 4.10. The number of nitrogens with one attached hydrogen (secondary N) is 1. The SMILES string of the molecule is C[C@H]1C2Cc3cc4cc[nH]c4cc3[C@@]1(C)CCN2CC1CC1. The lowest BCUT2D eigenvalue weighted by molar-refractivity contribution is 0.0285. The molecule has 2 bridgehead atoms. The van der Waals surface area contributed by atoms with Crippen molar-refractivity contribution in [2.24, 2.45) is 11.8 Å². The third kappa shape index (κ3) is 1.76. The Morgan fingerprint density at radius 1 is 1.32 bits per heavy atom. The fourth-order valence-electron chi connectivity index (χ4n) is 5.13. The van der Waals surface area contributed by atoms with Gasteiger partial charge in [-0.1, -0.05) is 13.8 Å². The van der Waals surface area contributed by atoms with Crippen LogP contribution >= 0.6 is 0 Å². The van der Waals surface area contributed by atoms with Crippen LogP contribution in [-0.4, -0.2) is 29.0 Å². The molecule has 0 amide bonds. The molecule has 1 unspecified atom stereocenters. The maximum Gasteiger partial charge on any atom is 0.0457 e. The first-order valence-corrected chi connectivity index (χ1v) is 9.00. The predicted molar refractivity (Wildman–Crippen MR) is 91.2 cm³/mol. The Morgan fingerprint density at radius 2 is 2.18 bits per heavy atom. The van der Waals surface area contributed by atoms with Gasteiger partial charge in [0.1, 0.15) is 0 Å². The van der Waals surface area contributed by atoms with Gasteiger partial charge in [-0.25, -0.2) is 0 Å². The van der Waals surface area contributed by atoms with E-state index in [-0.39, 0.29) is 0 Å². The van der Waals surface area contributed by atoms with E-state index in [0.717, 1.165) is 17.9 Å². The maximum absolute atomic E-state index is 3.41. The molecule has 2 aromatic rings. The summed E-state index contributed by atoms with van der Waals surface area (Å²) in [6.07, 6.45) is 7.58. The van der Waals surface area contributed by atoms with Crippen LogP contribution in [0.1, 0.15) is 44.2 Å². The van der Waals surface area contributed by atoms with Crippen molar-refractivity contribution in [2.75, 3.05) is 13.1 Å². The normalized spacial score (nSPS) is 34.8. The molecular weight excluding hydrogens is 268 g/mol. The molecule has 3 atom stereocenters. The van der Waals surface area contributed by atoms with Gasteiger partial charge in [-0.3, -0.25) is 4.90 Å². The third-order valence-corrected chi connectivity index (χ3v) is 6.98. The van der Waals surface area contributed by atoms with Crippen molar-refractivity contribution >= 4 is 10.9 Å². The highest BCUT2D eigenvalue weighted by molar-refractivity contribution is 5.81. The number of benzene rings is 1. The van der Waals surface area contributed by atoms with Gasteiger partial charge in [0.15, 0.2) is 0 Å². The van der Waals surface area contributed by atoms with Crippen molar-refractivity contribution in [3.8, 4) is 0 Å². The van der Waals surface area contributed by atoms with Gasteiger partial charge in [-0.05, 0) is 84.2 Å². The first-order valence-electron chi connectivity index (χ1n) is 9.00. The Balaban J connectivity index is 1.60. The van der Waals surface area contributed by atoms with Gasteiger partial charge in [-0.15, -0.1) is 0 Å². The van der Waals surface area contributed by atoms with Crippen molar-refractivity contribution in [2.45, 2.75) is 51.0 Å². The van der Waals surface area contributed by atoms with Crippen LogP contribution in [0, 0.1) is 11.8 Å². The van der Waals surface area contributed by atoms with Gasteiger partial charge in [0.2, 0.25) is 0 Å². The molecule has 2 heterocycles. The van der Waals surface area contributed by atoms with Gasteiger partial charge in [-0.2, -0.15) is 0 Å². The van der Waals surface area contributed by atoms with Crippen LogP contribution in [0.5, 0.6) is 0 Å². The second-order valence-corrected chi connectivity index (χ2v) is 8.24. The molecule has 1 aromatic carbocycles. The molecule has 22 heavy (non-hydrogen) atoms. The number of fused-ring (bicyclic) bond motifs is 5. The van der Waals surface area contributed by atoms with Crippen LogP contribution in [0.3, 0.4) is 0 Å². The number of hydrogen-bond acceptors (Lipinski definition) is 1. The second-order valence-electron chi connectivity index (χ2n) is 8.24. The topological polar surface area (TPSA) is 19.0 Å². The smallest absolute Gasteiger partial charge is 0.0457 e. The number of likely N-dealkylation sites (tertiary alicyclic amines) is 1. The molecular formula is C20H26N2. The fraction of sp³-hybridized carbons (Fsp3) is 0.600. The summed E-state index contributed by atoms with van der Waals surface area (Å²) in [4.78, 5) is 6.24. The molecule has 1 saturated heterocycles. The number of hydrogen-bond donors (Lipinski definition) is 1. The monoisotopic (exact) mass is 294 g/mol. The van der Waals surface area contributed by atoms with E-state index >= 15 is 0 Å². The van der Waals surface area contributed by atoms with E-state index in [1.807, 2.05) is 0 Å². The molecule has 1 aliphatic heterocycles. The van der Waals surface area contributed by atoms with E-state index in [1.165, 1.54) is 49.7 Å². The zero-order valence-corrected chi connectivity index (χ0v) is 13.7. The van der Waals surface area contributed by atoms with Crippen LogP contribution in [-0.2, 0) is 11.8 Å². The lowest BCUT2D eigenvalue weighted by Crippen LogP contribution is -2.58. The molecule has 116 valence electrons. The minimum Gasteiger partial charge on any atom is -0.361 e. The Hall–Kier alpha value is -1.28.